The lowest BCUT2D eigenvalue weighted by Crippen LogP contribution is -2.65. The van der Waals surface area contributed by atoms with Crippen LogP contribution in [-0.2, 0) is 0 Å². The van der Waals surface area contributed by atoms with E-state index in [4.69, 9.17) is 0 Å². The van der Waals surface area contributed by atoms with Gasteiger partial charge in [0, 0.05) is 31.6 Å². The highest BCUT2D eigenvalue weighted by Crippen LogP contribution is 2.36. The number of amides is 2. The molecule has 0 saturated carbocycles. The highest BCUT2D eigenvalue weighted by atomic mass is 16.2. The number of hydrogen-bond acceptors (Lipinski definition) is 2. The van der Waals surface area contributed by atoms with Crippen molar-refractivity contribution in [3.8, 4) is 0 Å². The van der Waals surface area contributed by atoms with Gasteiger partial charge in [0.15, 0.2) is 0 Å². The standard InChI is InChI=1S/C10H19N3O/c1-2-12-9(14)13-7-10(8-13)4-3-5-11-6-10/h11H,2-8H2,1H3,(H,12,14). The van der Waals surface area contributed by atoms with Gasteiger partial charge in [-0.3, -0.25) is 0 Å². The average molecular weight is 197 g/mol. The van der Waals surface area contributed by atoms with Crippen molar-refractivity contribution >= 4 is 6.03 Å². The van der Waals surface area contributed by atoms with E-state index in [9.17, 15) is 4.79 Å². The van der Waals surface area contributed by atoms with Crippen molar-refractivity contribution in [1.29, 1.82) is 0 Å². The molecule has 0 aromatic heterocycles. The second-order valence-electron chi connectivity index (χ2n) is 4.47. The van der Waals surface area contributed by atoms with Gasteiger partial charge < -0.3 is 15.5 Å². The Kier molecular flexibility index (Phi) is 2.63. The van der Waals surface area contributed by atoms with E-state index in [1.54, 1.807) is 0 Å². The number of nitrogens with one attached hydrogen (secondary N) is 2. The molecular formula is C10H19N3O. The molecule has 2 amide bonds. The SMILES string of the molecule is CCNC(=O)N1CC2(CCCNC2)C1. The van der Waals surface area contributed by atoms with Crippen LogP contribution in [0.4, 0.5) is 4.79 Å². The lowest BCUT2D eigenvalue weighted by Gasteiger charge is -2.52. The molecule has 2 fully saturated rings. The molecule has 4 heteroatoms. The zero-order chi connectivity index (χ0) is 10.0. The van der Waals surface area contributed by atoms with Crippen LogP contribution in [0.5, 0.6) is 0 Å². The van der Waals surface area contributed by atoms with Crippen molar-refractivity contribution in [3.63, 3.8) is 0 Å². The van der Waals surface area contributed by atoms with Gasteiger partial charge in [-0.2, -0.15) is 0 Å². The van der Waals surface area contributed by atoms with Gasteiger partial charge in [0.2, 0.25) is 0 Å². The average Bonchev–Trinajstić information content (AvgIpc) is 2.16. The normalized spacial score (nSPS) is 24.5. The van der Waals surface area contributed by atoms with Crippen LogP contribution in [0.2, 0.25) is 0 Å². The van der Waals surface area contributed by atoms with Gasteiger partial charge >= 0.3 is 6.03 Å². The predicted molar refractivity (Wildman–Crippen MR) is 55.2 cm³/mol. The van der Waals surface area contributed by atoms with Crippen LogP contribution >= 0.6 is 0 Å². The van der Waals surface area contributed by atoms with Gasteiger partial charge in [-0.25, -0.2) is 4.79 Å². The van der Waals surface area contributed by atoms with Crippen LogP contribution in [0.15, 0.2) is 0 Å². The fourth-order valence-corrected chi connectivity index (χ4v) is 2.47. The predicted octanol–water partition coefficient (Wildman–Crippen LogP) is 0.401. The number of piperidine rings is 1. The Morgan fingerprint density at radius 3 is 2.93 bits per heavy atom. The fourth-order valence-electron chi connectivity index (χ4n) is 2.47. The molecule has 2 rings (SSSR count). The first-order chi connectivity index (χ1) is 6.76. The van der Waals surface area contributed by atoms with E-state index in [2.05, 4.69) is 10.6 Å². The van der Waals surface area contributed by atoms with Crippen molar-refractivity contribution < 1.29 is 4.79 Å². The third-order valence-corrected chi connectivity index (χ3v) is 3.23. The second kappa shape index (κ2) is 3.77. The van der Waals surface area contributed by atoms with Gasteiger partial charge in [0.1, 0.15) is 0 Å². The molecule has 14 heavy (non-hydrogen) atoms. The molecule has 2 saturated heterocycles. The molecule has 2 aliphatic rings. The Balaban J connectivity index is 1.79. The van der Waals surface area contributed by atoms with Gasteiger partial charge in [0.05, 0.1) is 0 Å². The Labute approximate surface area is 85.0 Å². The Morgan fingerprint density at radius 2 is 2.36 bits per heavy atom. The van der Waals surface area contributed by atoms with E-state index in [1.165, 1.54) is 12.8 Å². The van der Waals surface area contributed by atoms with Crippen LogP contribution in [0.1, 0.15) is 19.8 Å². The minimum atomic E-state index is 0.101. The number of carbonyl (C=O) groups excluding carboxylic acids is 1. The van der Waals surface area contributed by atoms with Gasteiger partial charge in [0.25, 0.3) is 0 Å². The topological polar surface area (TPSA) is 44.4 Å². The van der Waals surface area contributed by atoms with Crippen LogP contribution in [0, 0.1) is 5.41 Å². The van der Waals surface area contributed by atoms with E-state index in [-0.39, 0.29) is 6.03 Å². The summed E-state index contributed by atoms with van der Waals surface area (Å²) in [7, 11) is 0. The number of urea groups is 1. The molecule has 1 spiro atoms. The largest absolute Gasteiger partial charge is 0.338 e. The van der Waals surface area contributed by atoms with E-state index in [1.807, 2.05) is 11.8 Å². The summed E-state index contributed by atoms with van der Waals surface area (Å²) in [5.74, 6) is 0. The summed E-state index contributed by atoms with van der Waals surface area (Å²) in [5, 5.41) is 6.25. The van der Waals surface area contributed by atoms with E-state index in [0.29, 0.717) is 5.41 Å². The maximum atomic E-state index is 11.4. The number of carbonyl (C=O) groups is 1. The Bertz CT molecular complexity index is 215. The smallest absolute Gasteiger partial charge is 0.317 e. The molecule has 0 aliphatic carbocycles. The summed E-state index contributed by atoms with van der Waals surface area (Å²) in [6.07, 6.45) is 2.53. The maximum Gasteiger partial charge on any atom is 0.317 e. The van der Waals surface area contributed by atoms with Crippen LogP contribution in [0.3, 0.4) is 0 Å². The summed E-state index contributed by atoms with van der Waals surface area (Å²) in [6.45, 7) is 6.78. The molecular weight excluding hydrogens is 178 g/mol. The van der Waals surface area contributed by atoms with Crippen molar-refractivity contribution in [1.82, 2.24) is 15.5 Å². The summed E-state index contributed by atoms with van der Waals surface area (Å²) < 4.78 is 0. The molecule has 0 bridgehead atoms. The zero-order valence-corrected chi connectivity index (χ0v) is 8.81. The summed E-state index contributed by atoms with van der Waals surface area (Å²) in [6, 6.07) is 0.101. The highest BCUT2D eigenvalue weighted by Gasteiger charge is 2.45. The second-order valence-corrected chi connectivity index (χ2v) is 4.47. The zero-order valence-electron chi connectivity index (χ0n) is 8.81. The summed E-state index contributed by atoms with van der Waals surface area (Å²) in [5.41, 5.74) is 0.406. The van der Waals surface area contributed by atoms with E-state index >= 15 is 0 Å². The monoisotopic (exact) mass is 197 g/mol. The Hall–Kier alpha value is -0.770. The highest BCUT2D eigenvalue weighted by molar-refractivity contribution is 5.75. The van der Waals surface area contributed by atoms with Crippen LogP contribution < -0.4 is 10.6 Å². The van der Waals surface area contributed by atoms with E-state index in [0.717, 1.165) is 32.7 Å². The van der Waals surface area contributed by atoms with Crippen molar-refractivity contribution in [2.75, 3.05) is 32.7 Å². The van der Waals surface area contributed by atoms with Crippen molar-refractivity contribution in [2.24, 2.45) is 5.41 Å². The van der Waals surface area contributed by atoms with Gasteiger partial charge in [-0.15, -0.1) is 0 Å². The molecule has 0 aromatic rings. The number of nitrogens with zero attached hydrogens (tertiary/aromatic N) is 1. The molecule has 4 nitrogen and oxygen atoms in total. The maximum absolute atomic E-state index is 11.4. The third-order valence-electron chi connectivity index (χ3n) is 3.23. The minimum absolute atomic E-state index is 0.101. The van der Waals surface area contributed by atoms with E-state index < -0.39 is 0 Å². The van der Waals surface area contributed by atoms with Crippen LogP contribution in [-0.4, -0.2) is 43.7 Å². The fraction of sp³-hybridized carbons (Fsp3) is 0.900. The first-order valence-electron chi connectivity index (χ1n) is 5.49. The summed E-state index contributed by atoms with van der Waals surface area (Å²) >= 11 is 0. The van der Waals surface area contributed by atoms with Gasteiger partial charge in [-0.1, -0.05) is 0 Å². The third kappa shape index (κ3) is 1.71. The molecule has 2 aliphatic heterocycles. The minimum Gasteiger partial charge on any atom is -0.338 e. The molecule has 0 atom stereocenters. The quantitative estimate of drug-likeness (QED) is 0.639. The lowest BCUT2D eigenvalue weighted by atomic mass is 9.74. The van der Waals surface area contributed by atoms with Gasteiger partial charge in [-0.05, 0) is 26.3 Å². The molecule has 0 unspecified atom stereocenters. The number of rotatable bonds is 1. The first kappa shape index (κ1) is 9.77. The summed E-state index contributed by atoms with van der Waals surface area (Å²) in [4.78, 5) is 13.4. The molecule has 80 valence electrons. The molecule has 2 N–H and O–H groups in total. The number of likely N-dealkylation sites (tertiary alicyclic amines) is 1. The number of hydrogen-bond donors (Lipinski definition) is 2. The van der Waals surface area contributed by atoms with Crippen molar-refractivity contribution in [2.45, 2.75) is 19.8 Å². The Morgan fingerprint density at radius 1 is 1.57 bits per heavy atom. The lowest BCUT2D eigenvalue weighted by molar-refractivity contribution is 0.0120. The first-order valence-corrected chi connectivity index (χ1v) is 5.49. The van der Waals surface area contributed by atoms with Crippen molar-refractivity contribution in [3.05, 3.63) is 0 Å². The molecule has 0 aromatic carbocycles. The molecule has 0 radical (unpaired) electrons. The molecule has 2 heterocycles. The van der Waals surface area contributed by atoms with Crippen LogP contribution in [0.25, 0.3) is 0 Å².